The molecule has 1 saturated carbocycles. The zero-order valence-electron chi connectivity index (χ0n) is 12.9. The summed E-state index contributed by atoms with van der Waals surface area (Å²) >= 11 is 0. The maximum atomic E-state index is 12.3. The lowest BCUT2D eigenvalue weighted by Gasteiger charge is -2.32. The first-order valence-electron chi connectivity index (χ1n) is 7.33. The number of nitrogens with zero attached hydrogens (tertiary/aromatic N) is 1. The van der Waals surface area contributed by atoms with E-state index in [4.69, 9.17) is 0 Å². The number of carbonyl (C=O) groups is 1. The predicted octanol–water partition coefficient (Wildman–Crippen LogP) is 4.23. The highest BCUT2D eigenvalue weighted by molar-refractivity contribution is 6.24. The number of hydrogen-bond acceptors (Lipinski definition) is 3. The van der Waals surface area contributed by atoms with E-state index in [1.807, 2.05) is 13.8 Å². The number of rotatable bonds is 4. The summed E-state index contributed by atoms with van der Waals surface area (Å²) in [5.74, 6) is 0.273. The Morgan fingerprint density at radius 1 is 1.37 bits per heavy atom. The summed E-state index contributed by atoms with van der Waals surface area (Å²) in [6.07, 6.45) is 3.60. The van der Waals surface area contributed by atoms with E-state index in [9.17, 15) is 9.90 Å². The lowest BCUT2D eigenvalue weighted by Crippen LogP contribution is -2.33. The number of aliphatic hydroxyl groups excluding tert-OH is 1. The summed E-state index contributed by atoms with van der Waals surface area (Å²) in [5.41, 5.74) is 1.25. The predicted molar refractivity (Wildman–Crippen MR) is 79.8 cm³/mol. The molecule has 0 radical (unpaired) electrons. The van der Waals surface area contributed by atoms with Crippen molar-refractivity contribution in [3.05, 3.63) is 11.3 Å². The average molecular weight is 265 g/mol. The fourth-order valence-electron chi connectivity index (χ4n) is 2.44. The van der Waals surface area contributed by atoms with Crippen LogP contribution in [0.4, 0.5) is 0 Å². The van der Waals surface area contributed by atoms with Crippen molar-refractivity contribution in [1.29, 1.82) is 0 Å². The van der Waals surface area contributed by atoms with Crippen molar-refractivity contribution in [3.63, 3.8) is 0 Å². The molecule has 0 aromatic heterocycles. The first-order chi connectivity index (χ1) is 8.80. The second kappa shape index (κ2) is 6.36. The molecule has 19 heavy (non-hydrogen) atoms. The van der Waals surface area contributed by atoms with Gasteiger partial charge in [0, 0.05) is 24.6 Å². The first-order valence-corrected chi connectivity index (χ1v) is 7.33. The van der Waals surface area contributed by atoms with Crippen LogP contribution < -0.4 is 0 Å². The molecule has 1 rings (SSSR count). The van der Waals surface area contributed by atoms with Crippen molar-refractivity contribution in [1.82, 2.24) is 0 Å². The van der Waals surface area contributed by atoms with Crippen molar-refractivity contribution >= 4 is 11.5 Å². The molecule has 1 N–H and O–H groups in total. The van der Waals surface area contributed by atoms with Crippen LogP contribution in [0.5, 0.6) is 0 Å². The third-order valence-electron chi connectivity index (χ3n) is 3.59. The number of aliphatic hydroxyl groups is 1. The van der Waals surface area contributed by atoms with E-state index in [-0.39, 0.29) is 23.0 Å². The highest BCUT2D eigenvalue weighted by atomic mass is 16.3. The minimum atomic E-state index is -0.0562. The minimum absolute atomic E-state index is 0.0456. The van der Waals surface area contributed by atoms with Crippen LogP contribution in [0.2, 0.25) is 0 Å². The van der Waals surface area contributed by atoms with Crippen LogP contribution in [0.3, 0.4) is 0 Å². The molecule has 1 fully saturated rings. The largest absolute Gasteiger partial charge is 0.511 e. The van der Waals surface area contributed by atoms with Gasteiger partial charge in [-0.1, -0.05) is 27.7 Å². The summed E-state index contributed by atoms with van der Waals surface area (Å²) < 4.78 is 0. The van der Waals surface area contributed by atoms with Crippen LogP contribution in [0.15, 0.2) is 16.3 Å². The molecule has 108 valence electrons. The molecule has 0 aromatic carbocycles. The number of carbonyl (C=O) groups excluding carboxylic acids is 1. The van der Waals surface area contributed by atoms with Gasteiger partial charge in [-0.2, -0.15) is 0 Å². The van der Waals surface area contributed by atoms with Gasteiger partial charge < -0.3 is 5.11 Å². The smallest absolute Gasteiger partial charge is 0.168 e. The first kappa shape index (κ1) is 15.9. The number of aliphatic imine (C=N–C) groups is 1. The van der Waals surface area contributed by atoms with E-state index in [2.05, 4.69) is 25.8 Å². The summed E-state index contributed by atoms with van der Waals surface area (Å²) in [7, 11) is 0. The Labute approximate surface area is 116 Å². The van der Waals surface area contributed by atoms with Crippen molar-refractivity contribution < 1.29 is 9.90 Å². The Kier molecular flexibility index (Phi) is 5.33. The molecule has 0 aliphatic heterocycles. The highest BCUT2D eigenvalue weighted by Crippen LogP contribution is 2.36. The number of allylic oxidation sites excluding steroid dienone is 2. The van der Waals surface area contributed by atoms with E-state index in [1.54, 1.807) is 0 Å². The lowest BCUT2D eigenvalue weighted by atomic mass is 9.73. The molecule has 0 saturated heterocycles. The average Bonchev–Trinajstić information content (AvgIpc) is 2.26. The van der Waals surface area contributed by atoms with Gasteiger partial charge in [-0.25, -0.2) is 0 Å². The van der Waals surface area contributed by atoms with Gasteiger partial charge in [0.1, 0.15) is 5.76 Å². The second-order valence-corrected chi connectivity index (χ2v) is 6.35. The Bertz CT molecular complexity index is 405. The second-order valence-electron chi connectivity index (χ2n) is 6.35. The van der Waals surface area contributed by atoms with Crippen LogP contribution in [0, 0.1) is 5.41 Å². The zero-order valence-corrected chi connectivity index (χ0v) is 12.9. The number of hydrogen-bond donors (Lipinski definition) is 1. The van der Waals surface area contributed by atoms with E-state index in [0.29, 0.717) is 18.4 Å². The van der Waals surface area contributed by atoms with Crippen LogP contribution in [0.25, 0.3) is 0 Å². The quantitative estimate of drug-likeness (QED) is 0.611. The maximum Gasteiger partial charge on any atom is 0.168 e. The molecular weight excluding hydrogens is 238 g/mol. The summed E-state index contributed by atoms with van der Waals surface area (Å²) in [4.78, 5) is 17.0. The standard InChI is InChI=1S/C16H27NO2/c1-6-8-13(18)15-12(17-11(3)7-2)9-16(4,5)10-14(15)19/h11,18H,6-10H2,1-5H3/b15-13+,17-12?. The molecular formula is C16H27NO2. The van der Waals surface area contributed by atoms with Crippen LogP contribution >= 0.6 is 0 Å². The van der Waals surface area contributed by atoms with Gasteiger partial charge in [0.05, 0.1) is 5.57 Å². The van der Waals surface area contributed by atoms with Crippen molar-refractivity contribution in [2.75, 3.05) is 0 Å². The topological polar surface area (TPSA) is 49.7 Å². The van der Waals surface area contributed by atoms with Crippen molar-refractivity contribution in [2.24, 2.45) is 10.4 Å². The Morgan fingerprint density at radius 2 is 2.00 bits per heavy atom. The summed E-state index contributed by atoms with van der Waals surface area (Å²) in [6.45, 7) is 10.3. The monoisotopic (exact) mass is 265 g/mol. The fraction of sp³-hybridized carbons (Fsp3) is 0.750. The third kappa shape index (κ3) is 4.19. The van der Waals surface area contributed by atoms with E-state index in [1.165, 1.54) is 0 Å². The summed E-state index contributed by atoms with van der Waals surface area (Å²) in [6, 6.07) is 0.195. The molecule has 1 aliphatic carbocycles. The fourth-order valence-corrected chi connectivity index (χ4v) is 2.44. The van der Waals surface area contributed by atoms with Crippen LogP contribution in [-0.4, -0.2) is 22.6 Å². The molecule has 0 heterocycles. The molecule has 3 heteroatoms. The minimum Gasteiger partial charge on any atom is -0.511 e. The van der Waals surface area contributed by atoms with Gasteiger partial charge in [0.2, 0.25) is 0 Å². The maximum absolute atomic E-state index is 12.3. The van der Waals surface area contributed by atoms with Crippen LogP contribution in [-0.2, 0) is 4.79 Å². The Balaban J connectivity index is 3.20. The van der Waals surface area contributed by atoms with Gasteiger partial charge in [-0.15, -0.1) is 0 Å². The van der Waals surface area contributed by atoms with Gasteiger partial charge in [0.15, 0.2) is 5.78 Å². The van der Waals surface area contributed by atoms with E-state index in [0.717, 1.165) is 25.0 Å². The van der Waals surface area contributed by atoms with Gasteiger partial charge in [0.25, 0.3) is 0 Å². The highest BCUT2D eigenvalue weighted by Gasteiger charge is 2.36. The van der Waals surface area contributed by atoms with E-state index >= 15 is 0 Å². The number of Topliss-reactive ketones (excluding diaryl/α,β-unsaturated/α-hetero) is 1. The summed E-state index contributed by atoms with van der Waals surface area (Å²) in [5, 5.41) is 10.1. The molecule has 1 unspecified atom stereocenters. The zero-order chi connectivity index (χ0) is 14.6. The Morgan fingerprint density at radius 3 is 2.53 bits per heavy atom. The molecule has 0 aromatic rings. The van der Waals surface area contributed by atoms with Crippen molar-refractivity contribution in [3.8, 4) is 0 Å². The SMILES string of the molecule is CCC/C(O)=C1\C(=O)CC(C)(C)CC1=NC(C)CC. The van der Waals surface area contributed by atoms with E-state index < -0.39 is 0 Å². The van der Waals surface area contributed by atoms with Gasteiger partial charge >= 0.3 is 0 Å². The Hall–Kier alpha value is -1.12. The molecule has 0 bridgehead atoms. The molecule has 0 spiro atoms. The third-order valence-corrected chi connectivity index (χ3v) is 3.59. The normalized spacial score (nSPS) is 25.5. The molecule has 3 nitrogen and oxygen atoms in total. The molecule has 1 atom stereocenters. The molecule has 0 amide bonds. The number of ketones is 1. The lowest BCUT2D eigenvalue weighted by molar-refractivity contribution is -0.117. The van der Waals surface area contributed by atoms with Crippen molar-refractivity contribution in [2.45, 2.75) is 72.8 Å². The molecule has 1 aliphatic rings. The van der Waals surface area contributed by atoms with Gasteiger partial charge in [-0.05, 0) is 31.6 Å². The van der Waals surface area contributed by atoms with Crippen LogP contribution in [0.1, 0.15) is 66.7 Å². The van der Waals surface area contributed by atoms with Gasteiger partial charge in [-0.3, -0.25) is 9.79 Å².